The summed E-state index contributed by atoms with van der Waals surface area (Å²) >= 11 is 0. The molecule has 2 N–H and O–H groups in total. The highest BCUT2D eigenvalue weighted by Gasteiger charge is 2.25. The van der Waals surface area contributed by atoms with E-state index in [1.54, 1.807) is 0 Å². The minimum atomic E-state index is -0.628. The van der Waals surface area contributed by atoms with Gasteiger partial charge in [0.2, 0.25) is 0 Å². The third-order valence-corrected chi connectivity index (χ3v) is 5.98. The molecule has 4 nitrogen and oxygen atoms in total. The van der Waals surface area contributed by atoms with Crippen molar-refractivity contribution in [3.05, 3.63) is 35.4 Å². The predicted octanol–water partition coefficient (Wildman–Crippen LogP) is 3.65. The van der Waals surface area contributed by atoms with Crippen LogP contribution in [0.4, 0.5) is 0 Å². The second kappa shape index (κ2) is 8.81. The molecule has 2 aliphatic rings. The molecule has 1 aromatic rings. The Morgan fingerprint density at radius 2 is 1.64 bits per heavy atom. The van der Waals surface area contributed by atoms with E-state index >= 15 is 0 Å². The number of carboxylic acids is 1. The molecule has 0 aromatic heterocycles. The summed E-state index contributed by atoms with van der Waals surface area (Å²) in [6, 6.07) is 9.45. The number of hydrogen-bond acceptors (Lipinski definition) is 3. The van der Waals surface area contributed by atoms with Gasteiger partial charge in [-0.15, -0.1) is 0 Å². The van der Waals surface area contributed by atoms with Crippen molar-refractivity contribution >= 4 is 5.97 Å². The number of aliphatic carboxylic acids is 1. The van der Waals surface area contributed by atoms with Crippen LogP contribution < -0.4 is 5.32 Å². The smallest absolute Gasteiger partial charge is 0.306 e. The van der Waals surface area contributed by atoms with Crippen LogP contribution in [-0.4, -0.2) is 35.1 Å². The third-order valence-electron chi connectivity index (χ3n) is 5.98. The molecule has 1 aromatic carbocycles. The maximum Gasteiger partial charge on any atom is 0.306 e. The number of nitrogens with zero attached hydrogens (tertiary/aromatic N) is 1. The lowest BCUT2D eigenvalue weighted by Gasteiger charge is -2.30. The number of rotatable bonds is 6. The summed E-state index contributed by atoms with van der Waals surface area (Å²) in [5, 5.41) is 12.7. The quantitative estimate of drug-likeness (QED) is 0.827. The van der Waals surface area contributed by atoms with E-state index < -0.39 is 5.97 Å². The molecule has 0 amide bonds. The summed E-state index contributed by atoms with van der Waals surface area (Å²) in [4.78, 5) is 13.6. The first-order chi connectivity index (χ1) is 12.1. The molecule has 1 saturated heterocycles. The van der Waals surface area contributed by atoms with E-state index in [1.165, 1.54) is 37.1 Å². The predicted molar refractivity (Wildman–Crippen MR) is 100 cm³/mol. The van der Waals surface area contributed by atoms with Crippen LogP contribution in [0, 0.1) is 11.8 Å². The van der Waals surface area contributed by atoms with E-state index in [9.17, 15) is 4.79 Å². The number of carboxylic acid groups (broad SMARTS) is 1. The Morgan fingerprint density at radius 3 is 2.24 bits per heavy atom. The summed E-state index contributed by atoms with van der Waals surface area (Å²) in [5.74, 6) is 0.127. The normalized spacial score (nSPS) is 25.8. The highest BCUT2D eigenvalue weighted by atomic mass is 16.4. The topological polar surface area (TPSA) is 52.6 Å². The van der Waals surface area contributed by atoms with Crippen molar-refractivity contribution in [2.24, 2.45) is 11.8 Å². The molecule has 2 fully saturated rings. The number of carbonyl (C=O) groups is 1. The molecule has 1 aliphatic heterocycles. The zero-order valence-electron chi connectivity index (χ0n) is 15.4. The van der Waals surface area contributed by atoms with Crippen molar-refractivity contribution in [2.45, 2.75) is 64.6 Å². The van der Waals surface area contributed by atoms with Crippen LogP contribution in [0.2, 0.25) is 0 Å². The van der Waals surface area contributed by atoms with Crippen molar-refractivity contribution in [1.29, 1.82) is 0 Å². The van der Waals surface area contributed by atoms with Gasteiger partial charge in [0.1, 0.15) is 0 Å². The van der Waals surface area contributed by atoms with Crippen LogP contribution in [0.5, 0.6) is 0 Å². The standard InChI is InChI=1S/C21H32N2O2/c1-16-10-12-23(13-11-16)15-18-4-2-17(3-5-18)14-22-20-8-6-19(7-9-20)21(24)25/h2-5,16,19-20,22H,6-15H2,1H3,(H,24,25). The first kappa shape index (κ1) is 18.4. The van der Waals surface area contributed by atoms with Gasteiger partial charge in [-0.25, -0.2) is 0 Å². The van der Waals surface area contributed by atoms with Crippen LogP contribution in [-0.2, 0) is 17.9 Å². The van der Waals surface area contributed by atoms with E-state index in [-0.39, 0.29) is 5.92 Å². The minimum Gasteiger partial charge on any atom is -0.481 e. The zero-order chi connectivity index (χ0) is 17.6. The maximum atomic E-state index is 11.0. The molecule has 3 rings (SSSR count). The molecule has 0 bridgehead atoms. The third kappa shape index (κ3) is 5.55. The Morgan fingerprint density at radius 1 is 1.04 bits per heavy atom. The molecular formula is C21H32N2O2. The van der Waals surface area contributed by atoms with Crippen LogP contribution >= 0.6 is 0 Å². The molecule has 25 heavy (non-hydrogen) atoms. The van der Waals surface area contributed by atoms with Gasteiger partial charge >= 0.3 is 5.97 Å². The Labute approximate surface area is 151 Å². The molecule has 0 atom stereocenters. The lowest BCUT2D eigenvalue weighted by Crippen LogP contribution is -2.34. The fourth-order valence-electron chi connectivity index (χ4n) is 4.05. The zero-order valence-corrected chi connectivity index (χ0v) is 15.4. The molecule has 1 saturated carbocycles. The first-order valence-corrected chi connectivity index (χ1v) is 9.86. The minimum absolute atomic E-state index is 0.130. The second-order valence-corrected chi connectivity index (χ2v) is 8.04. The number of benzene rings is 1. The highest BCUT2D eigenvalue weighted by molar-refractivity contribution is 5.70. The molecule has 0 spiro atoms. The van der Waals surface area contributed by atoms with Crippen molar-refractivity contribution in [2.75, 3.05) is 13.1 Å². The van der Waals surface area contributed by atoms with Crippen molar-refractivity contribution in [3.63, 3.8) is 0 Å². The lowest BCUT2D eigenvalue weighted by atomic mass is 9.86. The van der Waals surface area contributed by atoms with Gasteiger partial charge in [-0.2, -0.15) is 0 Å². The summed E-state index contributed by atoms with van der Waals surface area (Å²) in [6.07, 6.45) is 6.21. The average molecular weight is 344 g/mol. The van der Waals surface area contributed by atoms with Gasteiger partial charge in [-0.05, 0) is 68.7 Å². The Kier molecular flexibility index (Phi) is 6.49. The van der Waals surface area contributed by atoms with Crippen LogP contribution in [0.25, 0.3) is 0 Å². The molecule has 138 valence electrons. The Hall–Kier alpha value is -1.39. The number of nitrogens with one attached hydrogen (secondary N) is 1. The Bertz CT molecular complexity index is 542. The van der Waals surface area contributed by atoms with Crippen molar-refractivity contribution in [3.8, 4) is 0 Å². The fraction of sp³-hybridized carbons (Fsp3) is 0.667. The largest absolute Gasteiger partial charge is 0.481 e. The maximum absolute atomic E-state index is 11.0. The molecule has 0 radical (unpaired) electrons. The number of likely N-dealkylation sites (tertiary alicyclic amines) is 1. The molecule has 1 aliphatic carbocycles. The van der Waals surface area contributed by atoms with Gasteiger partial charge in [0.05, 0.1) is 5.92 Å². The summed E-state index contributed by atoms with van der Waals surface area (Å²) in [5.41, 5.74) is 2.72. The molecule has 4 heteroatoms. The van der Waals surface area contributed by atoms with E-state index in [4.69, 9.17) is 5.11 Å². The van der Waals surface area contributed by atoms with E-state index in [2.05, 4.69) is 41.4 Å². The van der Waals surface area contributed by atoms with Gasteiger partial charge in [0.15, 0.2) is 0 Å². The lowest BCUT2D eigenvalue weighted by molar-refractivity contribution is -0.142. The van der Waals surface area contributed by atoms with Crippen LogP contribution in [0.15, 0.2) is 24.3 Å². The SMILES string of the molecule is CC1CCN(Cc2ccc(CNC3CCC(C(=O)O)CC3)cc2)CC1. The van der Waals surface area contributed by atoms with E-state index in [0.29, 0.717) is 6.04 Å². The monoisotopic (exact) mass is 344 g/mol. The summed E-state index contributed by atoms with van der Waals surface area (Å²) in [7, 11) is 0. The van der Waals surface area contributed by atoms with Crippen molar-refractivity contribution in [1.82, 2.24) is 10.2 Å². The molecular weight excluding hydrogens is 312 g/mol. The van der Waals surface area contributed by atoms with Gasteiger partial charge in [-0.3, -0.25) is 9.69 Å². The number of piperidine rings is 1. The Balaban J connectivity index is 1.40. The van der Waals surface area contributed by atoms with Gasteiger partial charge in [0.25, 0.3) is 0 Å². The molecule has 0 unspecified atom stereocenters. The van der Waals surface area contributed by atoms with Gasteiger partial charge < -0.3 is 10.4 Å². The van der Waals surface area contributed by atoms with Crippen LogP contribution in [0.3, 0.4) is 0 Å². The number of hydrogen-bond donors (Lipinski definition) is 2. The van der Waals surface area contributed by atoms with Crippen molar-refractivity contribution < 1.29 is 9.90 Å². The van der Waals surface area contributed by atoms with E-state index in [1.807, 2.05) is 0 Å². The summed E-state index contributed by atoms with van der Waals surface area (Å²) in [6.45, 7) is 6.75. The fourth-order valence-corrected chi connectivity index (χ4v) is 4.05. The van der Waals surface area contributed by atoms with Crippen LogP contribution in [0.1, 0.15) is 56.6 Å². The van der Waals surface area contributed by atoms with Gasteiger partial charge in [-0.1, -0.05) is 31.2 Å². The van der Waals surface area contributed by atoms with Gasteiger partial charge in [0, 0.05) is 19.1 Å². The average Bonchev–Trinajstić information content (AvgIpc) is 2.63. The molecule has 1 heterocycles. The first-order valence-electron chi connectivity index (χ1n) is 9.86. The summed E-state index contributed by atoms with van der Waals surface area (Å²) < 4.78 is 0. The van der Waals surface area contributed by atoms with E-state index in [0.717, 1.165) is 44.7 Å². The second-order valence-electron chi connectivity index (χ2n) is 8.04. The highest BCUT2D eigenvalue weighted by Crippen LogP contribution is 2.24.